The first-order chi connectivity index (χ1) is 9.40. The van der Waals surface area contributed by atoms with E-state index in [4.69, 9.17) is 0 Å². The second kappa shape index (κ2) is 9.28. The number of nitrogens with one attached hydrogen (secondary N) is 1. The van der Waals surface area contributed by atoms with Gasteiger partial charge in [0.1, 0.15) is 0 Å². The van der Waals surface area contributed by atoms with Gasteiger partial charge in [-0.3, -0.25) is 0 Å². The molecule has 2 unspecified atom stereocenters. The summed E-state index contributed by atoms with van der Waals surface area (Å²) in [6.07, 6.45) is 17.4. The van der Waals surface area contributed by atoms with Crippen LogP contribution in [0.1, 0.15) is 84.0 Å². The van der Waals surface area contributed by atoms with Gasteiger partial charge in [-0.2, -0.15) is 11.8 Å². The van der Waals surface area contributed by atoms with Crippen LogP contribution in [0.15, 0.2) is 0 Å². The van der Waals surface area contributed by atoms with Crippen molar-refractivity contribution in [1.82, 2.24) is 5.32 Å². The largest absolute Gasteiger partial charge is 0.313 e. The first-order valence-corrected chi connectivity index (χ1v) is 9.73. The van der Waals surface area contributed by atoms with Crippen LogP contribution in [-0.2, 0) is 0 Å². The summed E-state index contributed by atoms with van der Waals surface area (Å²) in [6.45, 7) is 3.51. The molecule has 0 radical (unpaired) electrons. The Labute approximate surface area is 124 Å². The van der Waals surface area contributed by atoms with E-state index in [0.717, 1.165) is 16.5 Å². The van der Waals surface area contributed by atoms with E-state index in [-0.39, 0.29) is 0 Å². The van der Waals surface area contributed by atoms with Crippen LogP contribution in [0.3, 0.4) is 0 Å². The third-order valence-electron chi connectivity index (χ3n) is 4.78. The van der Waals surface area contributed by atoms with Crippen LogP contribution in [0.2, 0.25) is 0 Å². The van der Waals surface area contributed by atoms with E-state index in [9.17, 15) is 0 Å². The van der Waals surface area contributed by atoms with E-state index in [1.807, 2.05) is 0 Å². The van der Waals surface area contributed by atoms with Crippen molar-refractivity contribution in [3.05, 3.63) is 0 Å². The zero-order chi connectivity index (χ0) is 13.3. The minimum atomic E-state index is 0.798. The summed E-state index contributed by atoms with van der Waals surface area (Å²) in [7, 11) is 0. The van der Waals surface area contributed by atoms with Gasteiger partial charge in [-0.1, -0.05) is 51.9 Å². The quantitative estimate of drug-likeness (QED) is 0.749. The SMILES string of the molecule is CCCNC1CCCCCCC1SC1CCCCC1. The zero-order valence-electron chi connectivity index (χ0n) is 12.8. The summed E-state index contributed by atoms with van der Waals surface area (Å²) >= 11 is 2.36. The average Bonchev–Trinajstić information content (AvgIpc) is 2.43. The van der Waals surface area contributed by atoms with Crippen LogP contribution < -0.4 is 5.32 Å². The van der Waals surface area contributed by atoms with Gasteiger partial charge >= 0.3 is 0 Å². The molecule has 0 bridgehead atoms. The highest BCUT2D eigenvalue weighted by Crippen LogP contribution is 2.36. The average molecular weight is 284 g/mol. The number of hydrogen-bond acceptors (Lipinski definition) is 2. The van der Waals surface area contributed by atoms with Gasteiger partial charge < -0.3 is 5.32 Å². The lowest BCUT2D eigenvalue weighted by molar-refractivity contribution is 0.397. The minimum Gasteiger partial charge on any atom is -0.313 e. The van der Waals surface area contributed by atoms with Crippen LogP contribution in [-0.4, -0.2) is 23.1 Å². The molecule has 2 aliphatic rings. The molecule has 2 heteroatoms. The highest BCUT2D eigenvalue weighted by molar-refractivity contribution is 8.00. The van der Waals surface area contributed by atoms with Gasteiger partial charge in [0.25, 0.3) is 0 Å². The van der Waals surface area contributed by atoms with Gasteiger partial charge in [0.2, 0.25) is 0 Å². The molecule has 1 N–H and O–H groups in total. The maximum Gasteiger partial charge on any atom is 0.0203 e. The van der Waals surface area contributed by atoms with Gasteiger partial charge in [-0.15, -0.1) is 0 Å². The van der Waals surface area contributed by atoms with E-state index in [0.29, 0.717) is 0 Å². The summed E-state index contributed by atoms with van der Waals surface area (Å²) in [4.78, 5) is 0. The predicted octanol–water partition coefficient (Wildman–Crippen LogP) is 5.14. The van der Waals surface area contributed by atoms with E-state index in [2.05, 4.69) is 24.0 Å². The summed E-state index contributed by atoms with van der Waals surface area (Å²) in [5, 5.41) is 5.73. The topological polar surface area (TPSA) is 12.0 Å². The second-order valence-corrected chi connectivity index (χ2v) is 8.03. The molecule has 0 saturated heterocycles. The van der Waals surface area contributed by atoms with Crippen molar-refractivity contribution in [3.8, 4) is 0 Å². The standard InChI is InChI=1S/C17H33NS/c1-2-14-18-16-12-8-3-4-9-13-17(16)19-15-10-6-5-7-11-15/h15-18H,2-14H2,1H3. The Morgan fingerprint density at radius 2 is 1.47 bits per heavy atom. The van der Waals surface area contributed by atoms with Crippen LogP contribution >= 0.6 is 11.8 Å². The maximum atomic E-state index is 3.86. The van der Waals surface area contributed by atoms with Crippen LogP contribution in [0.5, 0.6) is 0 Å². The molecule has 2 rings (SSSR count). The van der Waals surface area contributed by atoms with E-state index < -0.39 is 0 Å². The van der Waals surface area contributed by atoms with E-state index in [1.165, 1.54) is 83.6 Å². The van der Waals surface area contributed by atoms with Gasteiger partial charge in [-0.05, 0) is 38.6 Å². The fourth-order valence-corrected chi connectivity index (χ4v) is 5.45. The summed E-state index contributed by atoms with van der Waals surface area (Å²) in [5.41, 5.74) is 0. The number of thioether (sulfide) groups is 1. The smallest absolute Gasteiger partial charge is 0.0203 e. The molecule has 0 aliphatic heterocycles. The molecule has 0 amide bonds. The van der Waals surface area contributed by atoms with Gasteiger partial charge in [0.05, 0.1) is 0 Å². The number of hydrogen-bond donors (Lipinski definition) is 1. The molecule has 0 aromatic rings. The molecule has 2 atom stereocenters. The summed E-state index contributed by atoms with van der Waals surface area (Å²) in [6, 6.07) is 0.798. The zero-order valence-corrected chi connectivity index (χ0v) is 13.6. The van der Waals surface area contributed by atoms with Crippen LogP contribution in [0.25, 0.3) is 0 Å². The van der Waals surface area contributed by atoms with Crippen molar-refractivity contribution in [2.24, 2.45) is 0 Å². The van der Waals surface area contributed by atoms with Gasteiger partial charge in [-0.25, -0.2) is 0 Å². The van der Waals surface area contributed by atoms with Crippen LogP contribution in [0, 0.1) is 0 Å². The molecule has 112 valence electrons. The Morgan fingerprint density at radius 3 is 2.21 bits per heavy atom. The fourth-order valence-electron chi connectivity index (χ4n) is 3.62. The lowest BCUT2D eigenvalue weighted by Gasteiger charge is -2.33. The van der Waals surface area contributed by atoms with Crippen molar-refractivity contribution in [2.75, 3.05) is 6.54 Å². The van der Waals surface area contributed by atoms with Crippen LogP contribution in [0.4, 0.5) is 0 Å². The van der Waals surface area contributed by atoms with Crippen molar-refractivity contribution in [1.29, 1.82) is 0 Å². The van der Waals surface area contributed by atoms with Gasteiger partial charge in [0.15, 0.2) is 0 Å². The molecular formula is C17H33NS. The normalized spacial score (nSPS) is 30.8. The first-order valence-electron chi connectivity index (χ1n) is 8.79. The Balaban J connectivity index is 1.85. The lowest BCUT2D eigenvalue weighted by atomic mass is 9.96. The molecule has 0 aromatic heterocycles. The Morgan fingerprint density at radius 1 is 0.842 bits per heavy atom. The predicted molar refractivity (Wildman–Crippen MR) is 88.0 cm³/mol. The molecule has 2 aliphatic carbocycles. The fraction of sp³-hybridized carbons (Fsp3) is 1.00. The molecular weight excluding hydrogens is 250 g/mol. The molecule has 0 heterocycles. The molecule has 0 spiro atoms. The molecule has 2 saturated carbocycles. The van der Waals surface area contributed by atoms with Crippen molar-refractivity contribution in [2.45, 2.75) is 101 Å². The molecule has 0 aromatic carbocycles. The summed E-state index contributed by atoms with van der Waals surface area (Å²) < 4.78 is 0. The second-order valence-electron chi connectivity index (χ2n) is 6.49. The third-order valence-corrected chi connectivity index (χ3v) is 6.55. The molecule has 1 nitrogen and oxygen atoms in total. The Hall–Kier alpha value is 0.310. The highest BCUT2D eigenvalue weighted by Gasteiger charge is 2.26. The van der Waals surface area contributed by atoms with E-state index >= 15 is 0 Å². The van der Waals surface area contributed by atoms with E-state index in [1.54, 1.807) is 0 Å². The monoisotopic (exact) mass is 283 g/mol. The minimum absolute atomic E-state index is 0.798. The van der Waals surface area contributed by atoms with Crippen molar-refractivity contribution in [3.63, 3.8) is 0 Å². The number of rotatable bonds is 5. The maximum absolute atomic E-state index is 3.86. The first kappa shape index (κ1) is 15.7. The Kier molecular flexibility index (Phi) is 7.67. The Bertz CT molecular complexity index is 223. The summed E-state index contributed by atoms with van der Waals surface area (Å²) in [5.74, 6) is 0. The third kappa shape index (κ3) is 5.67. The lowest BCUT2D eigenvalue weighted by Crippen LogP contribution is -2.40. The van der Waals surface area contributed by atoms with Gasteiger partial charge in [0, 0.05) is 16.5 Å². The van der Waals surface area contributed by atoms with Crippen molar-refractivity contribution < 1.29 is 0 Å². The highest BCUT2D eigenvalue weighted by atomic mass is 32.2. The van der Waals surface area contributed by atoms with Crippen molar-refractivity contribution >= 4 is 11.8 Å². The molecule has 19 heavy (non-hydrogen) atoms. The molecule has 2 fully saturated rings.